The Morgan fingerprint density at radius 2 is 2.00 bits per heavy atom. The standard InChI is InChI=1S/C18H32N4O2S.HI/c1-18(2,25-3)15-21-17(19-7-6-16-5-4-12-24-16)20-8-9-22-10-13-23-14-11-22;/h4-5,12H,6-11,13-15H2,1-3H3,(H2,19,20,21);1H. The molecule has 1 aromatic rings. The molecule has 2 rings (SSSR count). The maximum atomic E-state index is 5.39. The van der Waals surface area contributed by atoms with Crippen molar-refractivity contribution in [3.05, 3.63) is 24.2 Å². The van der Waals surface area contributed by atoms with E-state index in [0.717, 1.165) is 70.6 Å². The predicted octanol–water partition coefficient (Wildman–Crippen LogP) is 2.45. The molecule has 0 aliphatic carbocycles. The summed E-state index contributed by atoms with van der Waals surface area (Å²) >= 11 is 1.84. The molecular weight excluding hydrogens is 463 g/mol. The third kappa shape index (κ3) is 9.48. The second-order valence-corrected chi connectivity index (χ2v) is 8.28. The molecule has 2 heterocycles. The van der Waals surface area contributed by atoms with Gasteiger partial charge in [-0.25, -0.2) is 0 Å². The van der Waals surface area contributed by atoms with Gasteiger partial charge < -0.3 is 19.8 Å². The normalized spacial score (nSPS) is 16.2. The SMILES string of the molecule is CSC(C)(C)CN=C(NCCc1ccco1)NCCN1CCOCC1.I. The van der Waals surface area contributed by atoms with Gasteiger partial charge in [-0.2, -0.15) is 11.8 Å². The van der Waals surface area contributed by atoms with Gasteiger partial charge in [0.15, 0.2) is 5.96 Å². The van der Waals surface area contributed by atoms with E-state index in [1.807, 2.05) is 23.9 Å². The number of nitrogens with zero attached hydrogens (tertiary/aromatic N) is 2. The van der Waals surface area contributed by atoms with Crippen molar-refractivity contribution in [2.75, 3.05) is 58.7 Å². The van der Waals surface area contributed by atoms with Gasteiger partial charge in [-0.1, -0.05) is 0 Å². The summed E-state index contributed by atoms with van der Waals surface area (Å²) in [6.07, 6.45) is 4.69. The zero-order valence-electron chi connectivity index (χ0n) is 16.1. The molecule has 8 heteroatoms. The van der Waals surface area contributed by atoms with Crippen LogP contribution in [0.4, 0.5) is 0 Å². The molecule has 1 aliphatic rings. The second-order valence-electron chi connectivity index (χ2n) is 6.77. The van der Waals surface area contributed by atoms with E-state index in [2.05, 4.69) is 35.6 Å². The lowest BCUT2D eigenvalue weighted by atomic mass is 10.2. The average molecular weight is 496 g/mol. The molecule has 0 spiro atoms. The number of halogens is 1. The van der Waals surface area contributed by atoms with Crippen molar-refractivity contribution in [3.8, 4) is 0 Å². The number of rotatable bonds is 9. The largest absolute Gasteiger partial charge is 0.469 e. The molecule has 0 bridgehead atoms. The highest BCUT2D eigenvalue weighted by Gasteiger charge is 2.15. The highest BCUT2D eigenvalue weighted by molar-refractivity contribution is 14.0. The maximum Gasteiger partial charge on any atom is 0.191 e. The molecule has 0 saturated carbocycles. The smallest absolute Gasteiger partial charge is 0.191 e. The first-order valence-corrected chi connectivity index (χ1v) is 10.2. The summed E-state index contributed by atoms with van der Waals surface area (Å²) in [5.41, 5.74) is 0. The van der Waals surface area contributed by atoms with E-state index >= 15 is 0 Å². The Bertz CT molecular complexity index is 505. The molecule has 2 N–H and O–H groups in total. The van der Waals surface area contributed by atoms with E-state index in [1.54, 1.807) is 6.26 Å². The first-order valence-electron chi connectivity index (χ1n) is 8.99. The summed E-state index contributed by atoms with van der Waals surface area (Å²) in [5, 5.41) is 6.88. The number of furan rings is 1. The van der Waals surface area contributed by atoms with Crippen LogP contribution in [-0.4, -0.2) is 74.3 Å². The quantitative estimate of drug-likeness (QED) is 0.311. The zero-order chi connectivity index (χ0) is 18.0. The number of morpholine rings is 1. The lowest BCUT2D eigenvalue weighted by molar-refractivity contribution is 0.0389. The number of aliphatic imine (C=N–C) groups is 1. The Morgan fingerprint density at radius 1 is 1.27 bits per heavy atom. The number of guanidine groups is 1. The Hall–Kier alpha value is -0.450. The molecule has 0 aromatic carbocycles. The number of thioether (sulfide) groups is 1. The minimum atomic E-state index is 0. The Morgan fingerprint density at radius 3 is 2.65 bits per heavy atom. The van der Waals surface area contributed by atoms with Crippen LogP contribution >= 0.6 is 35.7 Å². The van der Waals surface area contributed by atoms with Crippen molar-refractivity contribution >= 4 is 41.7 Å². The average Bonchev–Trinajstić information content (AvgIpc) is 3.13. The molecule has 0 unspecified atom stereocenters. The summed E-state index contributed by atoms with van der Waals surface area (Å²) in [6.45, 7) is 11.6. The van der Waals surface area contributed by atoms with Gasteiger partial charge in [0.25, 0.3) is 0 Å². The topological polar surface area (TPSA) is 62.0 Å². The van der Waals surface area contributed by atoms with E-state index in [1.165, 1.54) is 0 Å². The molecule has 0 atom stereocenters. The van der Waals surface area contributed by atoms with Crippen LogP contribution in [0.2, 0.25) is 0 Å². The molecule has 6 nitrogen and oxygen atoms in total. The van der Waals surface area contributed by atoms with E-state index in [4.69, 9.17) is 14.1 Å². The molecule has 1 aliphatic heterocycles. The van der Waals surface area contributed by atoms with Crippen LogP contribution < -0.4 is 10.6 Å². The van der Waals surface area contributed by atoms with Crippen LogP contribution in [0.1, 0.15) is 19.6 Å². The fourth-order valence-electron chi connectivity index (χ4n) is 2.42. The van der Waals surface area contributed by atoms with Gasteiger partial charge in [0.1, 0.15) is 5.76 Å². The van der Waals surface area contributed by atoms with Crippen LogP contribution in [0.25, 0.3) is 0 Å². The summed E-state index contributed by atoms with van der Waals surface area (Å²) in [6, 6.07) is 3.92. The van der Waals surface area contributed by atoms with Gasteiger partial charge in [-0.3, -0.25) is 9.89 Å². The van der Waals surface area contributed by atoms with Gasteiger partial charge >= 0.3 is 0 Å². The monoisotopic (exact) mass is 496 g/mol. The van der Waals surface area contributed by atoms with Crippen LogP contribution in [-0.2, 0) is 11.2 Å². The van der Waals surface area contributed by atoms with E-state index in [9.17, 15) is 0 Å². The third-order valence-electron chi connectivity index (χ3n) is 4.24. The van der Waals surface area contributed by atoms with Crippen LogP contribution in [0.5, 0.6) is 0 Å². The number of hydrogen-bond donors (Lipinski definition) is 2. The van der Waals surface area contributed by atoms with Gasteiger partial charge in [0.2, 0.25) is 0 Å². The molecule has 26 heavy (non-hydrogen) atoms. The number of nitrogens with one attached hydrogen (secondary N) is 2. The minimum absolute atomic E-state index is 0. The summed E-state index contributed by atoms with van der Waals surface area (Å²) in [4.78, 5) is 7.19. The van der Waals surface area contributed by atoms with Gasteiger partial charge in [0.05, 0.1) is 26.0 Å². The van der Waals surface area contributed by atoms with Crippen LogP contribution in [0, 0.1) is 0 Å². The molecule has 1 aromatic heterocycles. The second kappa shape index (κ2) is 12.9. The lowest BCUT2D eigenvalue weighted by Gasteiger charge is -2.27. The first kappa shape index (κ1) is 23.6. The summed E-state index contributed by atoms with van der Waals surface area (Å²) in [7, 11) is 0. The molecular formula is C18H33IN4O2S. The Kier molecular flexibility index (Phi) is 11.7. The first-order chi connectivity index (χ1) is 12.1. The summed E-state index contributed by atoms with van der Waals surface area (Å²) < 4.78 is 10.9. The van der Waals surface area contributed by atoms with E-state index < -0.39 is 0 Å². The molecule has 1 saturated heterocycles. The van der Waals surface area contributed by atoms with Crippen LogP contribution in [0.15, 0.2) is 27.8 Å². The van der Waals surface area contributed by atoms with Gasteiger partial charge in [0, 0.05) is 43.9 Å². The van der Waals surface area contributed by atoms with E-state index in [-0.39, 0.29) is 28.7 Å². The van der Waals surface area contributed by atoms with E-state index in [0.29, 0.717) is 0 Å². The fraction of sp³-hybridized carbons (Fsp3) is 0.722. The molecule has 0 radical (unpaired) electrons. The predicted molar refractivity (Wildman–Crippen MR) is 121 cm³/mol. The Labute approximate surface area is 178 Å². The van der Waals surface area contributed by atoms with Gasteiger partial charge in [-0.15, -0.1) is 24.0 Å². The van der Waals surface area contributed by atoms with Crippen molar-refractivity contribution in [2.45, 2.75) is 25.0 Å². The third-order valence-corrected chi connectivity index (χ3v) is 5.47. The maximum absolute atomic E-state index is 5.39. The fourth-order valence-corrected chi connectivity index (χ4v) is 2.62. The number of hydrogen-bond acceptors (Lipinski definition) is 5. The van der Waals surface area contributed by atoms with Crippen molar-refractivity contribution < 1.29 is 9.15 Å². The zero-order valence-corrected chi connectivity index (χ0v) is 19.3. The van der Waals surface area contributed by atoms with Crippen molar-refractivity contribution in [2.24, 2.45) is 4.99 Å². The van der Waals surface area contributed by atoms with Gasteiger partial charge in [-0.05, 0) is 32.2 Å². The highest BCUT2D eigenvalue weighted by Crippen LogP contribution is 2.20. The highest BCUT2D eigenvalue weighted by atomic mass is 127. The molecule has 150 valence electrons. The van der Waals surface area contributed by atoms with Crippen molar-refractivity contribution in [3.63, 3.8) is 0 Å². The molecule has 0 amide bonds. The van der Waals surface area contributed by atoms with Crippen LogP contribution in [0.3, 0.4) is 0 Å². The lowest BCUT2D eigenvalue weighted by Crippen LogP contribution is -2.45. The number of ether oxygens (including phenoxy) is 1. The summed E-state index contributed by atoms with van der Waals surface area (Å²) in [5.74, 6) is 1.87. The minimum Gasteiger partial charge on any atom is -0.469 e. The Balaban J connectivity index is 0.00000338. The van der Waals surface area contributed by atoms with Crippen molar-refractivity contribution in [1.29, 1.82) is 0 Å². The molecule has 1 fully saturated rings. The van der Waals surface area contributed by atoms with Crippen molar-refractivity contribution in [1.82, 2.24) is 15.5 Å².